The molecule has 2 N–H and O–H groups in total. The summed E-state index contributed by atoms with van der Waals surface area (Å²) in [4.78, 5) is 23.6. The van der Waals surface area contributed by atoms with Crippen molar-refractivity contribution in [2.45, 2.75) is 40.2 Å². The lowest BCUT2D eigenvalue weighted by atomic mass is 10.0. The lowest BCUT2D eigenvalue weighted by Gasteiger charge is -2.17. The van der Waals surface area contributed by atoms with Crippen LogP contribution in [-0.2, 0) is 4.79 Å². The first kappa shape index (κ1) is 13.8. The molecule has 0 aromatic heterocycles. The van der Waals surface area contributed by atoms with Gasteiger partial charge in [0.15, 0.2) is 0 Å². The first-order valence-electron chi connectivity index (χ1n) is 5.84. The van der Waals surface area contributed by atoms with Crippen molar-refractivity contribution in [2.75, 3.05) is 13.6 Å². The number of carbonyl (C=O) groups excluding carboxylic acids is 1. The Bertz CT molecular complexity index is 323. The number of urea groups is 1. The maximum Gasteiger partial charge on any atom is 0.317 e. The third-order valence-corrected chi connectivity index (χ3v) is 4.30. The summed E-state index contributed by atoms with van der Waals surface area (Å²) in [5.74, 6) is -0.892. The Morgan fingerprint density at radius 1 is 1.24 bits per heavy atom. The van der Waals surface area contributed by atoms with Crippen LogP contribution in [0.5, 0.6) is 0 Å². The summed E-state index contributed by atoms with van der Waals surface area (Å²) < 4.78 is 0. The van der Waals surface area contributed by atoms with Crippen molar-refractivity contribution in [2.24, 2.45) is 10.8 Å². The van der Waals surface area contributed by atoms with E-state index in [9.17, 15) is 9.59 Å². The van der Waals surface area contributed by atoms with E-state index >= 15 is 0 Å². The van der Waals surface area contributed by atoms with Gasteiger partial charge in [-0.3, -0.25) is 4.79 Å². The summed E-state index contributed by atoms with van der Waals surface area (Å²) in [7, 11) is 1.61. The molecule has 0 atom stereocenters. The standard InChI is InChI=1S/C12H22N2O3/c1-11(2)9(12(11,3)4)13-10(17)14(5)7-6-8(15)16/h9H,6-7H2,1-5H3,(H,13,17)(H,15,16). The van der Waals surface area contributed by atoms with Crippen molar-refractivity contribution < 1.29 is 14.7 Å². The lowest BCUT2D eigenvalue weighted by Crippen LogP contribution is -2.41. The van der Waals surface area contributed by atoms with Gasteiger partial charge in [0.2, 0.25) is 0 Å². The topological polar surface area (TPSA) is 69.6 Å². The van der Waals surface area contributed by atoms with Crippen LogP contribution in [0.15, 0.2) is 0 Å². The second-order valence-electron chi connectivity index (χ2n) is 5.89. The molecule has 1 rings (SSSR count). The van der Waals surface area contributed by atoms with Gasteiger partial charge in [0.1, 0.15) is 0 Å². The van der Waals surface area contributed by atoms with E-state index in [4.69, 9.17) is 5.11 Å². The normalized spacial score (nSPS) is 20.8. The number of nitrogens with zero attached hydrogens (tertiary/aromatic N) is 1. The minimum Gasteiger partial charge on any atom is -0.481 e. The molecule has 0 heterocycles. The van der Waals surface area contributed by atoms with Crippen LogP contribution in [-0.4, -0.2) is 41.6 Å². The number of carbonyl (C=O) groups is 2. The average Bonchev–Trinajstić information content (AvgIpc) is 2.57. The van der Waals surface area contributed by atoms with Crippen LogP contribution in [0.25, 0.3) is 0 Å². The fourth-order valence-corrected chi connectivity index (χ4v) is 2.16. The molecule has 98 valence electrons. The van der Waals surface area contributed by atoms with Gasteiger partial charge >= 0.3 is 12.0 Å². The Morgan fingerprint density at radius 2 is 1.71 bits per heavy atom. The maximum absolute atomic E-state index is 11.8. The maximum atomic E-state index is 11.8. The molecule has 5 heteroatoms. The second kappa shape index (κ2) is 4.20. The molecule has 1 aliphatic carbocycles. The largest absolute Gasteiger partial charge is 0.481 e. The molecule has 1 saturated carbocycles. The molecular formula is C12H22N2O3. The Hall–Kier alpha value is -1.26. The van der Waals surface area contributed by atoms with Gasteiger partial charge in [-0.2, -0.15) is 0 Å². The third kappa shape index (κ3) is 2.53. The van der Waals surface area contributed by atoms with Gasteiger partial charge in [-0.05, 0) is 10.8 Å². The van der Waals surface area contributed by atoms with Gasteiger partial charge in [-0.15, -0.1) is 0 Å². The number of carboxylic acid groups (broad SMARTS) is 1. The molecule has 0 aromatic carbocycles. The highest BCUT2D eigenvalue weighted by Gasteiger charge is 2.65. The van der Waals surface area contributed by atoms with Gasteiger partial charge in [-0.25, -0.2) is 4.79 Å². The van der Waals surface area contributed by atoms with Crippen molar-refractivity contribution in [3.05, 3.63) is 0 Å². The van der Waals surface area contributed by atoms with Crippen molar-refractivity contribution in [1.29, 1.82) is 0 Å². The zero-order chi connectivity index (χ0) is 13.4. The molecule has 0 spiro atoms. The second-order valence-corrected chi connectivity index (χ2v) is 5.89. The number of hydrogen-bond donors (Lipinski definition) is 2. The molecular weight excluding hydrogens is 220 g/mol. The summed E-state index contributed by atoms with van der Waals surface area (Å²) in [5.41, 5.74) is 0.187. The van der Waals surface area contributed by atoms with Gasteiger partial charge in [0, 0.05) is 19.6 Å². The van der Waals surface area contributed by atoms with E-state index in [2.05, 4.69) is 33.0 Å². The fourth-order valence-electron chi connectivity index (χ4n) is 2.16. The van der Waals surface area contributed by atoms with E-state index < -0.39 is 5.97 Å². The number of carboxylic acids is 1. The minimum atomic E-state index is -0.892. The summed E-state index contributed by atoms with van der Waals surface area (Å²) in [6.07, 6.45) is -0.0264. The minimum absolute atomic E-state index is 0.0264. The van der Waals surface area contributed by atoms with Gasteiger partial charge in [-0.1, -0.05) is 27.7 Å². The summed E-state index contributed by atoms with van der Waals surface area (Å²) in [6, 6.07) is -0.0512. The molecule has 17 heavy (non-hydrogen) atoms. The number of aliphatic carboxylic acids is 1. The Labute approximate surface area is 102 Å². The van der Waals surface area contributed by atoms with Crippen molar-refractivity contribution in [3.8, 4) is 0 Å². The van der Waals surface area contributed by atoms with E-state index in [1.807, 2.05) is 0 Å². The molecule has 1 aliphatic rings. The predicted molar refractivity (Wildman–Crippen MR) is 64.8 cm³/mol. The van der Waals surface area contributed by atoms with E-state index in [1.165, 1.54) is 4.90 Å². The highest BCUT2D eigenvalue weighted by atomic mass is 16.4. The average molecular weight is 242 g/mol. The molecule has 0 saturated heterocycles. The molecule has 0 aromatic rings. The fraction of sp³-hybridized carbons (Fsp3) is 0.833. The lowest BCUT2D eigenvalue weighted by molar-refractivity contribution is -0.137. The monoisotopic (exact) mass is 242 g/mol. The zero-order valence-electron chi connectivity index (χ0n) is 11.2. The molecule has 5 nitrogen and oxygen atoms in total. The van der Waals surface area contributed by atoms with E-state index in [-0.39, 0.29) is 35.9 Å². The van der Waals surface area contributed by atoms with Crippen molar-refractivity contribution in [3.63, 3.8) is 0 Å². The van der Waals surface area contributed by atoms with Crippen molar-refractivity contribution in [1.82, 2.24) is 10.2 Å². The first-order chi connectivity index (χ1) is 7.60. The van der Waals surface area contributed by atoms with Gasteiger partial charge in [0.05, 0.1) is 6.42 Å². The molecule has 2 amide bonds. The zero-order valence-corrected chi connectivity index (χ0v) is 11.2. The number of rotatable bonds is 4. The summed E-state index contributed by atoms with van der Waals surface area (Å²) in [5, 5.41) is 11.5. The van der Waals surface area contributed by atoms with E-state index in [1.54, 1.807) is 7.05 Å². The number of amides is 2. The number of hydrogen-bond acceptors (Lipinski definition) is 2. The molecule has 0 bridgehead atoms. The molecule has 1 fully saturated rings. The SMILES string of the molecule is CN(CCC(=O)O)C(=O)NC1C(C)(C)C1(C)C. The van der Waals surface area contributed by atoms with E-state index in [0.717, 1.165) is 0 Å². The van der Waals surface area contributed by atoms with Crippen LogP contribution in [0.2, 0.25) is 0 Å². The van der Waals surface area contributed by atoms with Crippen LogP contribution in [0, 0.1) is 10.8 Å². The Kier molecular flexibility index (Phi) is 3.41. The van der Waals surface area contributed by atoms with Gasteiger partial charge < -0.3 is 15.3 Å². The quantitative estimate of drug-likeness (QED) is 0.785. The number of nitrogens with one attached hydrogen (secondary N) is 1. The highest BCUT2D eigenvalue weighted by Crippen LogP contribution is 2.62. The van der Waals surface area contributed by atoms with Crippen LogP contribution < -0.4 is 5.32 Å². The summed E-state index contributed by atoms with van der Waals surface area (Å²) in [6.45, 7) is 8.71. The van der Waals surface area contributed by atoms with Crippen LogP contribution >= 0.6 is 0 Å². The molecule has 0 radical (unpaired) electrons. The van der Waals surface area contributed by atoms with Crippen LogP contribution in [0.3, 0.4) is 0 Å². The Balaban J connectivity index is 2.44. The van der Waals surface area contributed by atoms with Crippen LogP contribution in [0.4, 0.5) is 4.79 Å². The predicted octanol–water partition coefficient (Wildman–Crippen LogP) is 1.54. The molecule has 0 aliphatic heterocycles. The summed E-state index contributed by atoms with van der Waals surface area (Å²) >= 11 is 0. The third-order valence-electron chi connectivity index (χ3n) is 4.30. The highest BCUT2D eigenvalue weighted by molar-refractivity contribution is 5.76. The van der Waals surface area contributed by atoms with Crippen molar-refractivity contribution >= 4 is 12.0 Å². The van der Waals surface area contributed by atoms with E-state index in [0.29, 0.717) is 0 Å². The van der Waals surface area contributed by atoms with Crippen LogP contribution in [0.1, 0.15) is 34.1 Å². The molecule has 0 unspecified atom stereocenters. The smallest absolute Gasteiger partial charge is 0.317 e. The first-order valence-corrected chi connectivity index (χ1v) is 5.84. The van der Waals surface area contributed by atoms with Gasteiger partial charge in [0.25, 0.3) is 0 Å². The Morgan fingerprint density at radius 3 is 2.06 bits per heavy atom.